The molecular weight excluding hydrogens is 174 g/mol. The average molecular weight is 199 g/mol. The van der Waals surface area contributed by atoms with Crippen LogP contribution < -0.4 is 5.32 Å². The molecule has 14 heavy (non-hydrogen) atoms. The quantitative estimate of drug-likeness (QED) is 0.663. The predicted octanol–water partition coefficient (Wildman–Crippen LogP) is 2.44. The zero-order valence-electron chi connectivity index (χ0n) is 9.72. The summed E-state index contributed by atoms with van der Waals surface area (Å²) >= 11 is 0. The number of rotatable bonds is 6. The summed E-state index contributed by atoms with van der Waals surface area (Å²) in [5.74, 6) is 1.63. The van der Waals surface area contributed by atoms with Crippen LogP contribution in [0.25, 0.3) is 0 Å². The lowest BCUT2D eigenvalue weighted by Gasteiger charge is -2.22. The van der Waals surface area contributed by atoms with Gasteiger partial charge in [0, 0.05) is 13.2 Å². The lowest BCUT2D eigenvalue weighted by atomic mass is 9.97. The van der Waals surface area contributed by atoms with E-state index in [-0.39, 0.29) is 0 Å². The first-order chi connectivity index (χ1) is 6.79. The minimum Gasteiger partial charge on any atom is -0.381 e. The number of ether oxygens (including phenoxy) is 1. The van der Waals surface area contributed by atoms with Crippen molar-refractivity contribution in [1.29, 1.82) is 0 Å². The molecule has 1 heterocycles. The second kappa shape index (κ2) is 7.24. The molecule has 84 valence electrons. The molecule has 1 aliphatic heterocycles. The largest absolute Gasteiger partial charge is 0.381 e. The molecule has 0 aromatic carbocycles. The Labute approximate surface area is 88.4 Å². The van der Waals surface area contributed by atoms with Gasteiger partial charge in [-0.2, -0.15) is 0 Å². The van der Waals surface area contributed by atoms with Gasteiger partial charge >= 0.3 is 0 Å². The van der Waals surface area contributed by atoms with Gasteiger partial charge < -0.3 is 10.1 Å². The topological polar surface area (TPSA) is 21.3 Å². The second-order valence-electron chi connectivity index (χ2n) is 4.80. The van der Waals surface area contributed by atoms with Gasteiger partial charge in [-0.05, 0) is 50.6 Å². The van der Waals surface area contributed by atoms with Gasteiger partial charge in [0.2, 0.25) is 0 Å². The fourth-order valence-electron chi connectivity index (χ4n) is 1.84. The molecule has 1 fully saturated rings. The molecule has 2 nitrogen and oxygen atoms in total. The van der Waals surface area contributed by atoms with Gasteiger partial charge in [-0.1, -0.05) is 13.8 Å². The molecule has 0 aromatic rings. The van der Waals surface area contributed by atoms with Crippen LogP contribution in [0.15, 0.2) is 0 Å². The molecule has 2 heteroatoms. The highest BCUT2D eigenvalue weighted by Gasteiger charge is 2.11. The van der Waals surface area contributed by atoms with E-state index in [2.05, 4.69) is 19.2 Å². The Morgan fingerprint density at radius 2 is 2.21 bits per heavy atom. The molecule has 1 saturated heterocycles. The first-order valence-corrected chi connectivity index (χ1v) is 6.07. The zero-order chi connectivity index (χ0) is 10.2. The van der Waals surface area contributed by atoms with Gasteiger partial charge in [-0.15, -0.1) is 0 Å². The van der Waals surface area contributed by atoms with Crippen molar-refractivity contribution in [1.82, 2.24) is 5.32 Å². The highest BCUT2D eigenvalue weighted by Crippen LogP contribution is 2.13. The van der Waals surface area contributed by atoms with Crippen molar-refractivity contribution in [3.05, 3.63) is 0 Å². The van der Waals surface area contributed by atoms with Crippen LogP contribution in [0.1, 0.15) is 39.5 Å². The van der Waals surface area contributed by atoms with E-state index in [0.717, 1.165) is 25.0 Å². The summed E-state index contributed by atoms with van der Waals surface area (Å²) in [6.07, 6.45) is 5.17. The first-order valence-electron chi connectivity index (χ1n) is 6.07. The maximum atomic E-state index is 5.62. The average Bonchev–Trinajstić information content (AvgIpc) is 2.18. The highest BCUT2D eigenvalue weighted by atomic mass is 16.5. The third-order valence-corrected chi connectivity index (χ3v) is 2.91. The maximum Gasteiger partial charge on any atom is 0.0469 e. The summed E-state index contributed by atoms with van der Waals surface area (Å²) < 4.78 is 5.62. The van der Waals surface area contributed by atoms with Gasteiger partial charge in [0.1, 0.15) is 0 Å². The summed E-state index contributed by atoms with van der Waals surface area (Å²) in [5, 5.41) is 3.44. The molecule has 1 atom stereocenters. The van der Waals surface area contributed by atoms with Crippen molar-refractivity contribution >= 4 is 0 Å². The van der Waals surface area contributed by atoms with Crippen LogP contribution in [-0.4, -0.2) is 26.3 Å². The fraction of sp³-hybridized carbons (Fsp3) is 1.00. The number of hydrogen-bond donors (Lipinski definition) is 1. The summed E-state index contributed by atoms with van der Waals surface area (Å²) in [6, 6.07) is 0. The van der Waals surface area contributed by atoms with Crippen LogP contribution in [0.4, 0.5) is 0 Å². The van der Waals surface area contributed by atoms with Crippen LogP contribution in [0.2, 0.25) is 0 Å². The van der Waals surface area contributed by atoms with Gasteiger partial charge in [0.25, 0.3) is 0 Å². The van der Waals surface area contributed by atoms with Crippen LogP contribution in [0.5, 0.6) is 0 Å². The van der Waals surface area contributed by atoms with E-state index in [9.17, 15) is 0 Å². The summed E-state index contributed by atoms with van der Waals surface area (Å²) in [6.45, 7) is 8.80. The predicted molar refractivity (Wildman–Crippen MR) is 60.5 cm³/mol. The van der Waals surface area contributed by atoms with Crippen LogP contribution in [0.3, 0.4) is 0 Å². The smallest absolute Gasteiger partial charge is 0.0469 e. The summed E-state index contributed by atoms with van der Waals surface area (Å²) in [4.78, 5) is 0. The molecule has 0 spiro atoms. The fourth-order valence-corrected chi connectivity index (χ4v) is 1.84. The molecule has 0 amide bonds. The Morgan fingerprint density at radius 3 is 2.86 bits per heavy atom. The van der Waals surface area contributed by atoms with E-state index in [0.29, 0.717) is 0 Å². The molecule has 1 aliphatic rings. The van der Waals surface area contributed by atoms with Crippen molar-refractivity contribution in [2.45, 2.75) is 39.5 Å². The van der Waals surface area contributed by atoms with Gasteiger partial charge in [0.15, 0.2) is 0 Å². The molecule has 1 rings (SSSR count). The zero-order valence-corrected chi connectivity index (χ0v) is 9.72. The third kappa shape index (κ3) is 5.61. The number of nitrogens with one attached hydrogen (secondary N) is 1. The van der Waals surface area contributed by atoms with E-state index in [4.69, 9.17) is 4.74 Å². The van der Waals surface area contributed by atoms with Gasteiger partial charge in [-0.25, -0.2) is 0 Å². The Hall–Kier alpha value is -0.0800. The van der Waals surface area contributed by atoms with E-state index >= 15 is 0 Å². The van der Waals surface area contributed by atoms with Gasteiger partial charge in [-0.3, -0.25) is 0 Å². The van der Waals surface area contributed by atoms with Crippen molar-refractivity contribution in [3.8, 4) is 0 Å². The van der Waals surface area contributed by atoms with Crippen molar-refractivity contribution in [3.63, 3.8) is 0 Å². The summed E-state index contributed by atoms with van der Waals surface area (Å²) in [7, 11) is 0. The van der Waals surface area contributed by atoms with Crippen LogP contribution in [0, 0.1) is 11.8 Å². The molecule has 0 radical (unpaired) electrons. The minimum atomic E-state index is 0.770. The van der Waals surface area contributed by atoms with Crippen molar-refractivity contribution in [2.24, 2.45) is 11.8 Å². The van der Waals surface area contributed by atoms with E-state index in [1.54, 1.807) is 0 Å². The molecular formula is C12H25NO. The Balaban J connectivity index is 1.87. The van der Waals surface area contributed by atoms with E-state index < -0.39 is 0 Å². The highest BCUT2D eigenvalue weighted by molar-refractivity contribution is 4.68. The standard InChI is InChI=1S/C12H25NO/c1-11(2)5-8-14-9-6-12-4-3-7-13-10-12/h11-13H,3-10H2,1-2H3/t12-/m1/s1. The Morgan fingerprint density at radius 1 is 1.36 bits per heavy atom. The lowest BCUT2D eigenvalue weighted by Crippen LogP contribution is -2.30. The van der Waals surface area contributed by atoms with E-state index in [1.807, 2.05) is 0 Å². The van der Waals surface area contributed by atoms with Gasteiger partial charge in [0.05, 0.1) is 0 Å². The third-order valence-electron chi connectivity index (χ3n) is 2.91. The van der Waals surface area contributed by atoms with Crippen LogP contribution >= 0.6 is 0 Å². The number of hydrogen-bond acceptors (Lipinski definition) is 2. The van der Waals surface area contributed by atoms with Crippen molar-refractivity contribution in [2.75, 3.05) is 26.3 Å². The van der Waals surface area contributed by atoms with E-state index in [1.165, 1.54) is 38.8 Å². The normalized spacial score (nSPS) is 22.9. The first kappa shape index (κ1) is 12.0. The maximum absolute atomic E-state index is 5.62. The van der Waals surface area contributed by atoms with Crippen LogP contribution in [-0.2, 0) is 4.74 Å². The molecule has 0 aliphatic carbocycles. The molecule has 0 unspecified atom stereocenters. The Kier molecular flexibility index (Phi) is 6.20. The van der Waals surface area contributed by atoms with Crippen molar-refractivity contribution < 1.29 is 4.74 Å². The molecule has 0 aromatic heterocycles. The molecule has 1 N–H and O–H groups in total. The Bertz CT molecular complexity index is 130. The molecule has 0 bridgehead atoms. The lowest BCUT2D eigenvalue weighted by molar-refractivity contribution is 0.107. The SMILES string of the molecule is CC(C)CCOCC[C@H]1CCCNC1. The summed E-state index contributed by atoms with van der Waals surface area (Å²) in [5.41, 5.74) is 0. The minimum absolute atomic E-state index is 0.770. The number of piperidine rings is 1. The molecule has 0 saturated carbocycles. The second-order valence-corrected chi connectivity index (χ2v) is 4.80. The monoisotopic (exact) mass is 199 g/mol.